The molecule has 5 rings (SSSR count). The molecular formula is C27H23F3N2O5. The summed E-state index contributed by atoms with van der Waals surface area (Å²) in [5, 5.41) is 14.8. The number of anilines is 1. The van der Waals surface area contributed by atoms with Crippen LogP contribution in [0, 0.1) is 5.92 Å². The van der Waals surface area contributed by atoms with Crippen molar-refractivity contribution in [2.75, 3.05) is 4.90 Å². The number of ketones is 1. The lowest BCUT2D eigenvalue weighted by Gasteiger charge is -2.35. The molecule has 37 heavy (non-hydrogen) atoms. The number of amides is 1. The summed E-state index contributed by atoms with van der Waals surface area (Å²) in [7, 11) is 0. The molecule has 0 bridgehead atoms. The number of nitrogens with zero attached hydrogens (tertiary/aromatic N) is 2. The maximum atomic E-state index is 13.6. The van der Waals surface area contributed by atoms with Gasteiger partial charge in [-0.25, -0.2) is 0 Å². The van der Waals surface area contributed by atoms with E-state index in [0.29, 0.717) is 11.4 Å². The van der Waals surface area contributed by atoms with Crippen molar-refractivity contribution in [1.29, 1.82) is 0 Å². The Hall–Kier alpha value is -4.08. The van der Waals surface area contributed by atoms with Gasteiger partial charge in [-0.15, -0.1) is 13.2 Å². The van der Waals surface area contributed by atoms with Crippen molar-refractivity contribution in [3.63, 3.8) is 0 Å². The number of hydrogen-bond acceptors (Lipinski definition) is 6. The highest BCUT2D eigenvalue weighted by Gasteiger charge is 2.47. The summed E-state index contributed by atoms with van der Waals surface area (Å²) in [5.74, 6) is -2.48. The first kappa shape index (κ1) is 24.6. The molecule has 192 valence electrons. The minimum Gasteiger partial charge on any atom is -0.503 e. The molecule has 2 aromatic carbocycles. The second kappa shape index (κ2) is 9.76. The van der Waals surface area contributed by atoms with Crippen molar-refractivity contribution < 1.29 is 37.1 Å². The van der Waals surface area contributed by atoms with E-state index in [1.54, 1.807) is 30.3 Å². The third kappa shape index (κ3) is 4.96. The Balaban J connectivity index is 1.48. The average molecular weight is 512 g/mol. The number of benzene rings is 2. The van der Waals surface area contributed by atoms with E-state index in [-0.39, 0.29) is 17.1 Å². The van der Waals surface area contributed by atoms with E-state index in [2.05, 4.69) is 9.89 Å². The Bertz CT molecular complexity index is 1310. The van der Waals surface area contributed by atoms with Crippen molar-refractivity contribution in [3.8, 4) is 17.0 Å². The largest absolute Gasteiger partial charge is 0.573 e. The van der Waals surface area contributed by atoms with Crippen LogP contribution < -0.4 is 9.64 Å². The fraction of sp³-hybridized carbons (Fsp3) is 0.296. The predicted octanol–water partition coefficient (Wildman–Crippen LogP) is 6.23. The van der Waals surface area contributed by atoms with E-state index < -0.39 is 35.6 Å². The van der Waals surface area contributed by atoms with Gasteiger partial charge in [-0.2, -0.15) is 0 Å². The molecule has 2 aliphatic rings. The van der Waals surface area contributed by atoms with Gasteiger partial charge in [0.25, 0.3) is 5.91 Å². The zero-order valence-corrected chi connectivity index (χ0v) is 19.6. The minimum absolute atomic E-state index is 0.0398. The van der Waals surface area contributed by atoms with Crippen molar-refractivity contribution in [3.05, 3.63) is 77.8 Å². The molecule has 0 spiro atoms. The van der Waals surface area contributed by atoms with Crippen LogP contribution in [0.5, 0.6) is 5.75 Å². The molecule has 1 N–H and O–H groups in total. The molecule has 0 saturated heterocycles. The van der Waals surface area contributed by atoms with Crippen LogP contribution in [0.4, 0.5) is 18.9 Å². The highest BCUT2D eigenvalue weighted by atomic mass is 19.4. The quantitative estimate of drug-likeness (QED) is 0.394. The lowest BCUT2D eigenvalue weighted by Crippen LogP contribution is -2.42. The summed E-state index contributed by atoms with van der Waals surface area (Å²) in [6.45, 7) is 0. The van der Waals surface area contributed by atoms with Crippen LogP contribution in [-0.2, 0) is 4.79 Å². The van der Waals surface area contributed by atoms with Gasteiger partial charge in [-0.3, -0.25) is 14.5 Å². The first-order valence-electron chi connectivity index (χ1n) is 11.9. The number of aliphatic hydroxyl groups excluding tert-OH is 1. The monoisotopic (exact) mass is 512 g/mol. The summed E-state index contributed by atoms with van der Waals surface area (Å²) in [5.41, 5.74) is 1.91. The number of aromatic nitrogens is 1. The first-order chi connectivity index (χ1) is 17.7. The third-order valence-corrected chi connectivity index (χ3v) is 6.82. The third-order valence-electron chi connectivity index (χ3n) is 6.82. The van der Waals surface area contributed by atoms with E-state index in [0.717, 1.165) is 49.8 Å². The van der Waals surface area contributed by atoms with E-state index in [1.807, 2.05) is 0 Å². The van der Waals surface area contributed by atoms with Crippen LogP contribution in [0.15, 0.2) is 76.7 Å². The van der Waals surface area contributed by atoms with Gasteiger partial charge in [-0.05, 0) is 55.2 Å². The number of aliphatic hydroxyl groups is 1. The topological polar surface area (TPSA) is 92.9 Å². The zero-order chi connectivity index (χ0) is 26.2. The summed E-state index contributed by atoms with van der Waals surface area (Å²) in [6, 6.07) is 12.5. The maximum Gasteiger partial charge on any atom is 0.573 e. The standard InChI is InChI=1S/C27H23F3N2O5/c28-27(29,30)37-20-12-8-18(9-13-20)24(33)22-23(17-4-2-1-3-5-17)32(26(35)25(22)34)19-10-6-16(7-11-19)21-14-15-36-31-21/h6-15,17,23,34H,1-5H2. The molecule has 0 radical (unpaired) electrons. The molecule has 1 aliphatic heterocycles. The molecule has 1 fully saturated rings. The molecule has 10 heteroatoms. The highest BCUT2D eigenvalue weighted by Crippen LogP contribution is 2.41. The van der Waals surface area contributed by atoms with Crippen molar-refractivity contribution >= 4 is 17.4 Å². The smallest absolute Gasteiger partial charge is 0.503 e. The number of rotatable bonds is 6. The maximum absolute atomic E-state index is 13.6. The normalized spacial score (nSPS) is 18.9. The summed E-state index contributed by atoms with van der Waals surface area (Å²) in [4.78, 5) is 28.3. The van der Waals surface area contributed by atoms with Gasteiger partial charge in [0.2, 0.25) is 0 Å². The first-order valence-corrected chi connectivity index (χ1v) is 11.9. The molecular weight excluding hydrogens is 489 g/mol. The van der Waals surface area contributed by atoms with Gasteiger partial charge in [0, 0.05) is 22.9 Å². The number of Topliss-reactive ketones (excluding diaryl/α,β-unsaturated/α-hetero) is 1. The van der Waals surface area contributed by atoms with Gasteiger partial charge in [0.05, 0.1) is 11.6 Å². The molecule has 7 nitrogen and oxygen atoms in total. The minimum atomic E-state index is -4.86. The fourth-order valence-corrected chi connectivity index (χ4v) is 5.16. The van der Waals surface area contributed by atoms with Gasteiger partial charge >= 0.3 is 6.36 Å². The van der Waals surface area contributed by atoms with Gasteiger partial charge in [0.15, 0.2) is 11.5 Å². The zero-order valence-electron chi connectivity index (χ0n) is 19.6. The second-order valence-electron chi connectivity index (χ2n) is 9.11. The average Bonchev–Trinajstić information content (AvgIpc) is 3.51. The Morgan fingerprint density at radius 1 is 1.00 bits per heavy atom. The van der Waals surface area contributed by atoms with Crippen LogP contribution in [0.1, 0.15) is 42.5 Å². The van der Waals surface area contributed by atoms with Crippen LogP contribution in [-0.4, -0.2) is 34.4 Å². The second-order valence-corrected chi connectivity index (χ2v) is 9.11. The van der Waals surface area contributed by atoms with Crippen LogP contribution >= 0.6 is 0 Å². The number of halogens is 3. The number of hydrogen-bond donors (Lipinski definition) is 1. The Labute approximate surface area is 210 Å². The summed E-state index contributed by atoms with van der Waals surface area (Å²) >= 11 is 0. The Morgan fingerprint density at radius 2 is 1.68 bits per heavy atom. The van der Waals surface area contributed by atoms with E-state index in [1.165, 1.54) is 23.3 Å². The summed E-state index contributed by atoms with van der Waals surface area (Å²) in [6.07, 6.45) is 1.04. The number of carbonyl (C=O) groups excluding carboxylic acids is 2. The Morgan fingerprint density at radius 3 is 2.27 bits per heavy atom. The van der Waals surface area contributed by atoms with E-state index in [4.69, 9.17) is 4.52 Å². The summed E-state index contributed by atoms with van der Waals surface area (Å²) < 4.78 is 46.3. The lowest BCUT2D eigenvalue weighted by molar-refractivity contribution is -0.274. The molecule has 2 heterocycles. The lowest BCUT2D eigenvalue weighted by atomic mass is 9.79. The number of ether oxygens (including phenoxy) is 1. The van der Waals surface area contributed by atoms with Gasteiger partial charge < -0.3 is 14.4 Å². The molecule has 1 aromatic heterocycles. The SMILES string of the molecule is O=C(C1=C(O)C(=O)N(c2ccc(-c3ccon3)cc2)C1C1CCCCC1)c1ccc(OC(F)(F)F)cc1. The molecule has 3 aromatic rings. The number of carbonyl (C=O) groups is 2. The van der Waals surface area contributed by atoms with Crippen molar-refractivity contribution in [2.24, 2.45) is 5.92 Å². The fourth-order valence-electron chi connectivity index (χ4n) is 5.16. The van der Waals surface area contributed by atoms with Crippen molar-refractivity contribution in [1.82, 2.24) is 5.16 Å². The predicted molar refractivity (Wildman–Crippen MR) is 127 cm³/mol. The van der Waals surface area contributed by atoms with Gasteiger partial charge in [-0.1, -0.05) is 36.6 Å². The van der Waals surface area contributed by atoms with E-state index in [9.17, 15) is 27.9 Å². The highest BCUT2D eigenvalue weighted by molar-refractivity contribution is 6.20. The Kier molecular flexibility index (Phi) is 6.49. The molecule has 1 saturated carbocycles. The molecule has 1 amide bonds. The van der Waals surface area contributed by atoms with Crippen molar-refractivity contribution in [2.45, 2.75) is 44.5 Å². The number of alkyl halides is 3. The van der Waals surface area contributed by atoms with Gasteiger partial charge in [0.1, 0.15) is 17.7 Å². The van der Waals surface area contributed by atoms with E-state index >= 15 is 0 Å². The van der Waals surface area contributed by atoms with Crippen LogP contribution in [0.2, 0.25) is 0 Å². The molecule has 1 atom stereocenters. The van der Waals surface area contributed by atoms with Crippen LogP contribution in [0.25, 0.3) is 11.3 Å². The molecule has 1 aliphatic carbocycles. The molecule has 1 unspecified atom stereocenters. The van der Waals surface area contributed by atoms with Crippen LogP contribution in [0.3, 0.4) is 0 Å².